The van der Waals surface area contributed by atoms with Gasteiger partial charge in [0.05, 0.1) is 9.90 Å². The van der Waals surface area contributed by atoms with E-state index in [1.807, 2.05) is 12.1 Å². The molecule has 0 saturated carbocycles. The zero-order chi connectivity index (χ0) is 15.1. The molecule has 21 heavy (non-hydrogen) atoms. The average molecular weight is 339 g/mol. The quantitative estimate of drug-likeness (QED) is 0.663. The molecular formula is C15H12Cl2N2OS. The molecule has 2 aromatic heterocycles. The molecule has 0 spiro atoms. The molecule has 0 saturated heterocycles. The van der Waals surface area contributed by atoms with E-state index in [0.29, 0.717) is 14.4 Å². The van der Waals surface area contributed by atoms with Crippen molar-refractivity contribution in [3.8, 4) is 22.4 Å². The molecule has 0 bridgehead atoms. The molecule has 3 rings (SSSR count). The van der Waals surface area contributed by atoms with Crippen LogP contribution in [0.4, 0.5) is 5.88 Å². The molecule has 0 amide bonds. The lowest BCUT2D eigenvalue weighted by molar-refractivity contribution is 0.439. The lowest BCUT2D eigenvalue weighted by Crippen LogP contribution is -1.89. The van der Waals surface area contributed by atoms with E-state index in [2.05, 4.69) is 25.1 Å². The van der Waals surface area contributed by atoms with Gasteiger partial charge in [0.2, 0.25) is 5.88 Å². The summed E-state index contributed by atoms with van der Waals surface area (Å²) >= 11 is 13.5. The van der Waals surface area contributed by atoms with Crippen LogP contribution in [0.2, 0.25) is 8.67 Å². The van der Waals surface area contributed by atoms with Crippen LogP contribution in [0.25, 0.3) is 22.4 Å². The number of benzene rings is 1. The standard InChI is InChI=1S/C15H12Cl2N2OS/c1-7-3-4-9(5-8(7)2)12-13(19-20-15(12)18)10-6-11(16)21-14(10)17/h3-6H,18H2,1-2H3. The van der Waals surface area contributed by atoms with E-state index in [9.17, 15) is 0 Å². The van der Waals surface area contributed by atoms with Crippen molar-refractivity contribution in [3.05, 3.63) is 44.1 Å². The Morgan fingerprint density at radius 2 is 1.90 bits per heavy atom. The first kappa shape index (κ1) is 14.4. The zero-order valence-corrected chi connectivity index (χ0v) is 13.7. The van der Waals surface area contributed by atoms with Crippen LogP contribution in [-0.4, -0.2) is 5.16 Å². The van der Waals surface area contributed by atoms with Gasteiger partial charge in [-0.3, -0.25) is 0 Å². The van der Waals surface area contributed by atoms with Crippen LogP contribution in [0.5, 0.6) is 0 Å². The lowest BCUT2D eigenvalue weighted by Gasteiger charge is -2.05. The normalized spacial score (nSPS) is 11.0. The molecule has 2 N–H and O–H groups in total. The minimum absolute atomic E-state index is 0.270. The fourth-order valence-electron chi connectivity index (χ4n) is 2.16. The van der Waals surface area contributed by atoms with Crippen LogP contribution >= 0.6 is 34.5 Å². The predicted molar refractivity (Wildman–Crippen MR) is 89.2 cm³/mol. The topological polar surface area (TPSA) is 52.0 Å². The molecular weight excluding hydrogens is 327 g/mol. The van der Waals surface area contributed by atoms with Gasteiger partial charge in [0.25, 0.3) is 0 Å². The van der Waals surface area contributed by atoms with Crippen molar-refractivity contribution in [2.75, 3.05) is 5.73 Å². The van der Waals surface area contributed by atoms with Gasteiger partial charge < -0.3 is 10.3 Å². The van der Waals surface area contributed by atoms with E-state index in [1.54, 1.807) is 6.07 Å². The van der Waals surface area contributed by atoms with Gasteiger partial charge in [0.15, 0.2) is 0 Å². The van der Waals surface area contributed by atoms with Crippen molar-refractivity contribution >= 4 is 40.4 Å². The maximum absolute atomic E-state index is 6.22. The molecule has 6 heteroatoms. The Morgan fingerprint density at radius 1 is 1.14 bits per heavy atom. The summed E-state index contributed by atoms with van der Waals surface area (Å²) in [7, 11) is 0. The van der Waals surface area contributed by atoms with Crippen LogP contribution in [0.3, 0.4) is 0 Å². The Labute approximate surface area is 136 Å². The highest BCUT2D eigenvalue weighted by Gasteiger charge is 2.21. The fourth-order valence-corrected chi connectivity index (χ4v) is 3.63. The van der Waals surface area contributed by atoms with E-state index in [1.165, 1.54) is 22.5 Å². The zero-order valence-electron chi connectivity index (χ0n) is 11.4. The fraction of sp³-hybridized carbons (Fsp3) is 0.133. The van der Waals surface area contributed by atoms with Crippen LogP contribution in [-0.2, 0) is 0 Å². The van der Waals surface area contributed by atoms with E-state index in [0.717, 1.165) is 16.7 Å². The lowest BCUT2D eigenvalue weighted by atomic mass is 9.98. The van der Waals surface area contributed by atoms with Crippen molar-refractivity contribution in [1.82, 2.24) is 5.16 Å². The Bertz CT molecular complexity index is 823. The third kappa shape index (κ3) is 2.55. The van der Waals surface area contributed by atoms with E-state index in [4.69, 9.17) is 33.5 Å². The van der Waals surface area contributed by atoms with Crippen molar-refractivity contribution in [3.63, 3.8) is 0 Å². The maximum Gasteiger partial charge on any atom is 0.230 e. The van der Waals surface area contributed by atoms with Gasteiger partial charge in [0, 0.05) is 5.56 Å². The van der Waals surface area contributed by atoms with Gasteiger partial charge >= 0.3 is 0 Å². The highest BCUT2D eigenvalue weighted by atomic mass is 35.5. The second-order valence-corrected chi connectivity index (χ2v) is 7.09. The molecule has 0 aliphatic rings. The number of hydrogen-bond donors (Lipinski definition) is 1. The smallest absolute Gasteiger partial charge is 0.230 e. The second kappa shape index (κ2) is 5.37. The SMILES string of the molecule is Cc1ccc(-c2c(-c3cc(Cl)sc3Cl)noc2N)cc1C. The van der Waals surface area contributed by atoms with E-state index < -0.39 is 0 Å². The van der Waals surface area contributed by atoms with E-state index in [-0.39, 0.29) is 5.88 Å². The first-order chi connectivity index (χ1) is 9.97. The first-order valence-corrected chi connectivity index (χ1v) is 7.82. The Morgan fingerprint density at radius 3 is 2.52 bits per heavy atom. The summed E-state index contributed by atoms with van der Waals surface area (Å²) in [5.41, 5.74) is 11.4. The Balaban J connectivity index is 2.21. The molecule has 0 aliphatic carbocycles. The van der Waals surface area contributed by atoms with Crippen LogP contribution in [0, 0.1) is 13.8 Å². The monoisotopic (exact) mass is 338 g/mol. The summed E-state index contributed by atoms with van der Waals surface area (Å²) in [6.45, 7) is 4.11. The van der Waals surface area contributed by atoms with Crippen molar-refractivity contribution < 1.29 is 4.52 Å². The van der Waals surface area contributed by atoms with Crippen LogP contribution in [0.15, 0.2) is 28.8 Å². The van der Waals surface area contributed by atoms with Gasteiger partial charge in [-0.25, -0.2) is 0 Å². The third-order valence-corrected chi connectivity index (χ3v) is 4.91. The summed E-state index contributed by atoms with van der Waals surface area (Å²) < 4.78 is 6.34. The number of rotatable bonds is 2. The van der Waals surface area contributed by atoms with Gasteiger partial charge in [-0.15, -0.1) is 11.3 Å². The number of anilines is 1. The summed E-state index contributed by atoms with van der Waals surface area (Å²) in [5, 5.41) is 4.05. The van der Waals surface area contributed by atoms with Crippen molar-refractivity contribution in [2.24, 2.45) is 0 Å². The molecule has 0 radical (unpaired) electrons. The number of halogens is 2. The molecule has 2 heterocycles. The van der Waals surface area contributed by atoms with E-state index >= 15 is 0 Å². The Kier molecular flexibility index (Phi) is 3.69. The van der Waals surface area contributed by atoms with Gasteiger partial charge in [-0.1, -0.05) is 46.6 Å². The van der Waals surface area contributed by atoms with Crippen LogP contribution < -0.4 is 5.73 Å². The minimum Gasteiger partial charge on any atom is -0.367 e. The van der Waals surface area contributed by atoms with Gasteiger partial charge in [-0.05, 0) is 36.6 Å². The second-order valence-electron chi connectivity index (χ2n) is 4.81. The molecule has 0 atom stereocenters. The summed E-state index contributed by atoms with van der Waals surface area (Å²) in [5.74, 6) is 0.270. The number of hydrogen-bond acceptors (Lipinski definition) is 4. The average Bonchev–Trinajstić information content (AvgIpc) is 2.95. The number of thiophene rings is 1. The van der Waals surface area contributed by atoms with Gasteiger partial charge in [-0.2, -0.15) is 0 Å². The summed E-state index contributed by atoms with van der Waals surface area (Å²) in [6.07, 6.45) is 0. The van der Waals surface area contributed by atoms with Crippen molar-refractivity contribution in [1.29, 1.82) is 0 Å². The predicted octanol–water partition coefficient (Wildman–Crippen LogP) is 5.58. The number of nitrogen functional groups attached to an aromatic ring is 1. The highest BCUT2D eigenvalue weighted by molar-refractivity contribution is 7.20. The van der Waals surface area contributed by atoms with Gasteiger partial charge in [0.1, 0.15) is 10.0 Å². The van der Waals surface area contributed by atoms with Crippen LogP contribution in [0.1, 0.15) is 11.1 Å². The first-order valence-electron chi connectivity index (χ1n) is 6.25. The number of nitrogens with two attached hydrogens (primary N) is 1. The molecule has 1 aromatic carbocycles. The third-order valence-electron chi connectivity index (χ3n) is 3.43. The molecule has 3 nitrogen and oxygen atoms in total. The number of nitrogens with zero attached hydrogens (tertiary/aromatic N) is 1. The van der Waals surface area contributed by atoms with Crippen molar-refractivity contribution in [2.45, 2.75) is 13.8 Å². The minimum atomic E-state index is 0.270. The largest absolute Gasteiger partial charge is 0.367 e. The number of aryl methyl sites for hydroxylation is 2. The molecule has 0 aliphatic heterocycles. The molecule has 0 fully saturated rings. The molecule has 108 valence electrons. The molecule has 0 unspecified atom stereocenters. The summed E-state index contributed by atoms with van der Waals surface area (Å²) in [6, 6.07) is 7.87. The summed E-state index contributed by atoms with van der Waals surface area (Å²) in [4.78, 5) is 0. The maximum atomic E-state index is 6.22. The highest BCUT2D eigenvalue weighted by Crippen LogP contribution is 2.43. The Hall–Kier alpha value is -1.49. The number of aromatic nitrogens is 1. The molecule has 3 aromatic rings.